The predicted octanol–water partition coefficient (Wildman–Crippen LogP) is 1.94. The molecule has 0 heterocycles. The van der Waals surface area contributed by atoms with E-state index in [9.17, 15) is 9.59 Å². The van der Waals surface area contributed by atoms with Gasteiger partial charge in [-0.05, 0) is 45.2 Å². The van der Waals surface area contributed by atoms with Crippen LogP contribution in [0.25, 0.3) is 0 Å². The van der Waals surface area contributed by atoms with Crippen molar-refractivity contribution in [2.24, 2.45) is 11.7 Å². The maximum Gasteiger partial charge on any atom is 0.311 e. The van der Waals surface area contributed by atoms with E-state index in [0.717, 1.165) is 11.1 Å². The fourth-order valence-electron chi connectivity index (χ4n) is 2.81. The number of ether oxygens (including phenoxy) is 1. The topological polar surface area (TPSA) is 69.4 Å². The zero-order valence-electron chi connectivity index (χ0n) is 12.4. The van der Waals surface area contributed by atoms with Gasteiger partial charge in [-0.1, -0.05) is 24.3 Å². The second-order valence-electron chi connectivity index (χ2n) is 6.51. The van der Waals surface area contributed by atoms with Crippen molar-refractivity contribution in [3.05, 3.63) is 35.4 Å². The summed E-state index contributed by atoms with van der Waals surface area (Å²) in [4.78, 5) is 24.4. The molecule has 1 aromatic carbocycles. The van der Waals surface area contributed by atoms with Gasteiger partial charge in [0.25, 0.3) is 0 Å². The average molecular weight is 275 g/mol. The molecule has 4 heteroatoms. The fraction of sp³-hybridized carbons (Fsp3) is 0.500. The molecule has 1 aliphatic rings. The van der Waals surface area contributed by atoms with E-state index in [2.05, 4.69) is 0 Å². The first kappa shape index (κ1) is 14.6. The van der Waals surface area contributed by atoms with Crippen LogP contribution in [0.15, 0.2) is 24.3 Å². The molecule has 0 radical (unpaired) electrons. The van der Waals surface area contributed by atoms with Gasteiger partial charge in [-0.2, -0.15) is 0 Å². The first-order chi connectivity index (χ1) is 9.16. The lowest BCUT2D eigenvalue weighted by Gasteiger charge is -2.30. The van der Waals surface area contributed by atoms with Gasteiger partial charge in [0.05, 0.1) is 11.3 Å². The van der Waals surface area contributed by atoms with E-state index in [4.69, 9.17) is 10.5 Å². The molecule has 1 aromatic rings. The summed E-state index contributed by atoms with van der Waals surface area (Å²) in [5.41, 5.74) is 5.84. The molecule has 0 spiro atoms. The lowest BCUT2D eigenvalue weighted by atomic mass is 9.76. The molecule has 1 amide bonds. The summed E-state index contributed by atoms with van der Waals surface area (Å²) in [6.45, 7) is 7.17. The molecule has 0 aromatic heterocycles. The van der Waals surface area contributed by atoms with E-state index in [1.165, 1.54) is 0 Å². The summed E-state index contributed by atoms with van der Waals surface area (Å²) in [6.07, 6.45) is 0.491. The number of benzene rings is 1. The summed E-state index contributed by atoms with van der Waals surface area (Å²) in [7, 11) is 0. The Morgan fingerprint density at radius 2 is 1.90 bits per heavy atom. The summed E-state index contributed by atoms with van der Waals surface area (Å²) >= 11 is 0. The van der Waals surface area contributed by atoms with Crippen LogP contribution in [0.4, 0.5) is 0 Å². The van der Waals surface area contributed by atoms with Gasteiger partial charge in [0.2, 0.25) is 5.91 Å². The average Bonchev–Trinajstić information content (AvgIpc) is 2.63. The van der Waals surface area contributed by atoms with Crippen molar-refractivity contribution >= 4 is 11.9 Å². The Labute approximate surface area is 119 Å². The van der Waals surface area contributed by atoms with E-state index in [1.807, 2.05) is 45.0 Å². The highest BCUT2D eigenvalue weighted by molar-refractivity contribution is 5.94. The minimum Gasteiger partial charge on any atom is -0.460 e. The Kier molecular flexibility index (Phi) is 3.36. The lowest BCUT2D eigenvalue weighted by molar-refractivity contribution is -0.163. The second-order valence-corrected chi connectivity index (χ2v) is 6.51. The van der Waals surface area contributed by atoms with Gasteiger partial charge in [0, 0.05) is 0 Å². The molecule has 0 fully saturated rings. The van der Waals surface area contributed by atoms with Crippen LogP contribution in [0.3, 0.4) is 0 Å². The van der Waals surface area contributed by atoms with Crippen LogP contribution in [0.5, 0.6) is 0 Å². The molecule has 1 aliphatic carbocycles. The third-order valence-corrected chi connectivity index (χ3v) is 3.90. The van der Waals surface area contributed by atoms with Crippen molar-refractivity contribution in [1.29, 1.82) is 0 Å². The number of amides is 1. The summed E-state index contributed by atoms with van der Waals surface area (Å²) in [5.74, 6) is -1.41. The number of hydrogen-bond acceptors (Lipinski definition) is 3. The first-order valence-electron chi connectivity index (χ1n) is 6.77. The van der Waals surface area contributed by atoms with Gasteiger partial charge < -0.3 is 10.5 Å². The lowest BCUT2D eigenvalue weighted by Crippen LogP contribution is -2.47. The first-order valence-corrected chi connectivity index (χ1v) is 6.77. The molecule has 2 unspecified atom stereocenters. The van der Waals surface area contributed by atoms with Crippen molar-refractivity contribution in [2.45, 2.75) is 45.1 Å². The van der Waals surface area contributed by atoms with Crippen LogP contribution in [-0.4, -0.2) is 17.5 Å². The highest BCUT2D eigenvalue weighted by atomic mass is 16.6. The Bertz CT molecular complexity index is 559. The molecular weight excluding hydrogens is 254 g/mol. The van der Waals surface area contributed by atoms with Crippen LogP contribution >= 0.6 is 0 Å². The molecule has 4 nitrogen and oxygen atoms in total. The van der Waals surface area contributed by atoms with Crippen LogP contribution in [-0.2, 0) is 26.2 Å². The molecular formula is C16H21NO3. The minimum atomic E-state index is -1.00. The fourth-order valence-corrected chi connectivity index (χ4v) is 2.81. The van der Waals surface area contributed by atoms with E-state index < -0.39 is 22.8 Å². The Morgan fingerprint density at radius 3 is 2.45 bits per heavy atom. The standard InChI is InChI=1S/C16H21NO3/c1-15(2,3)20-13(18)12-9-10-7-5-6-8-11(10)16(12,4)14(17)19/h5-8,12H,9H2,1-4H3,(H2,17,19). The zero-order valence-corrected chi connectivity index (χ0v) is 12.4. The van der Waals surface area contributed by atoms with Crippen molar-refractivity contribution in [3.63, 3.8) is 0 Å². The molecule has 2 atom stereocenters. The van der Waals surface area contributed by atoms with Gasteiger partial charge in [-0.3, -0.25) is 9.59 Å². The third-order valence-electron chi connectivity index (χ3n) is 3.90. The van der Waals surface area contributed by atoms with Crippen LogP contribution in [0.1, 0.15) is 38.8 Å². The maximum absolute atomic E-state index is 12.4. The predicted molar refractivity (Wildman–Crippen MR) is 76.0 cm³/mol. The summed E-state index contributed by atoms with van der Waals surface area (Å²) < 4.78 is 5.45. The molecule has 2 N–H and O–H groups in total. The molecule has 0 saturated heterocycles. The number of hydrogen-bond donors (Lipinski definition) is 1. The number of fused-ring (bicyclic) bond motifs is 1. The highest BCUT2D eigenvalue weighted by Gasteiger charge is 2.52. The van der Waals surface area contributed by atoms with Crippen molar-refractivity contribution < 1.29 is 14.3 Å². The van der Waals surface area contributed by atoms with Crippen molar-refractivity contribution in [3.8, 4) is 0 Å². The smallest absolute Gasteiger partial charge is 0.311 e. The number of nitrogens with two attached hydrogens (primary N) is 1. The van der Waals surface area contributed by atoms with E-state index in [-0.39, 0.29) is 5.97 Å². The summed E-state index contributed by atoms with van der Waals surface area (Å²) in [5, 5.41) is 0. The highest BCUT2D eigenvalue weighted by Crippen LogP contribution is 2.44. The minimum absolute atomic E-state index is 0.366. The molecule has 108 valence electrons. The van der Waals surface area contributed by atoms with Crippen molar-refractivity contribution in [1.82, 2.24) is 0 Å². The van der Waals surface area contributed by atoms with Gasteiger partial charge in [0.15, 0.2) is 0 Å². The quantitative estimate of drug-likeness (QED) is 0.839. The number of rotatable bonds is 2. The van der Waals surface area contributed by atoms with Crippen LogP contribution in [0.2, 0.25) is 0 Å². The van der Waals surface area contributed by atoms with Gasteiger partial charge in [-0.25, -0.2) is 0 Å². The van der Waals surface area contributed by atoms with Gasteiger partial charge in [0.1, 0.15) is 5.60 Å². The molecule has 0 aliphatic heterocycles. The SMILES string of the molecule is CC(C)(C)OC(=O)C1Cc2ccccc2C1(C)C(N)=O. The third kappa shape index (κ3) is 2.30. The van der Waals surface area contributed by atoms with Crippen LogP contribution in [0, 0.1) is 5.92 Å². The molecule has 0 saturated carbocycles. The maximum atomic E-state index is 12.4. The van der Waals surface area contributed by atoms with E-state index in [0.29, 0.717) is 6.42 Å². The Hall–Kier alpha value is -1.84. The second kappa shape index (κ2) is 4.62. The monoisotopic (exact) mass is 275 g/mol. The number of esters is 1. The number of carbonyl (C=O) groups excluding carboxylic acids is 2. The van der Waals surface area contributed by atoms with Gasteiger partial charge >= 0.3 is 5.97 Å². The zero-order chi connectivity index (χ0) is 15.1. The molecule has 2 rings (SSSR count). The largest absolute Gasteiger partial charge is 0.460 e. The normalized spacial score (nSPS) is 25.1. The Morgan fingerprint density at radius 1 is 1.30 bits per heavy atom. The van der Waals surface area contributed by atoms with Crippen LogP contribution < -0.4 is 5.73 Å². The van der Waals surface area contributed by atoms with Crippen molar-refractivity contribution in [2.75, 3.05) is 0 Å². The summed E-state index contributed by atoms with van der Waals surface area (Å²) in [6, 6.07) is 7.56. The van der Waals surface area contributed by atoms with Gasteiger partial charge in [-0.15, -0.1) is 0 Å². The molecule has 0 bridgehead atoms. The number of primary amides is 1. The van der Waals surface area contributed by atoms with E-state index >= 15 is 0 Å². The Balaban J connectivity index is 2.42. The number of carbonyl (C=O) groups is 2. The van der Waals surface area contributed by atoms with E-state index in [1.54, 1.807) is 6.92 Å². The molecule has 20 heavy (non-hydrogen) atoms.